The number of imide groups is 1. The first kappa shape index (κ1) is 15.2. The molecule has 106 valence electrons. The lowest BCUT2D eigenvalue weighted by molar-refractivity contribution is -0.131. The number of carboxylic acids is 1. The Morgan fingerprint density at radius 1 is 1.16 bits per heavy atom. The number of hydrogen-bond acceptors (Lipinski definition) is 4. The predicted molar refractivity (Wildman–Crippen MR) is 68.6 cm³/mol. The van der Waals surface area contributed by atoms with Gasteiger partial charge in [0.25, 0.3) is 5.91 Å². The topological polar surface area (TPSA) is 98.7 Å². The molecule has 0 aliphatic carbocycles. The third kappa shape index (κ3) is 7.20. The molecule has 0 aromatic carbocycles. The van der Waals surface area contributed by atoms with Crippen molar-refractivity contribution in [2.24, 2.45) is 0 Å². The molecule has 1 aliphatic rings. The number of nitrogens with zero attached hydrogens (tertiary/aromatic N) is 1. The lowest BCUT2D eigenvalue weighted by Gasteiger charge is -2.14. The highest BCUT2D eigenvalue weighted by molar-refractivity contribution is 6.02. The number of carbonyl (C=O) groups excluding carboxylic acids is 2. The molecule has 0 spiro atoms. The highest BCUT2D eigenvalue weighted by Crippen LogP contribution is 2.06. The first-order valence-corrected chi connectivity index (χ1v) is 6.30. The van der Waals surface area contributed by atoms with Gasteiger partial charge in [-0.15, -0.1) is 0 Å². The third-order valence-corrected chi connectivity index (χ3v) is 2.75. The van der Waals surface area contributed by atoms with Gasteiger partial charge in [-0.3, -0.25) is 10.1 Å². The van der Waals surface area contributed by atoms with Gasteiger partial charge in [0, 0.05) is 18.7 Å². The monoisotopic (exact) mass is 269 g/mol. The summed E-state index contributed by atoms with van der Waals surface area (Å²) < 4.78 is 0. The van der Waals surface area contributed by atoms with Gasteiger partial charge in [0.1, 0.15) is 0 Å². The van der Waals surface area contributed by atoms with Crippen LogP contribution in [0.1, 0.15) is 19.3 Å². The molecule has 1 saturated heterocycles. The number of urea groups is 1. The number of carbonyl (C=O) groups is 3. The van der Waals surface area contributed by atoms with Gasteiger partial charge < -0.3 is 15.3 Å². The van der Waals surface area contributed by atoms with Crippen LogP contribution >= 0.6 is 0 Å². The van der Waals surface area contributed by atoms with Crippen LogP contribution in [-0.4, -0.2) is 54.1 Å². The Morgan fingerprint density at radius 2 is 1.84 bits per heavy atom. The minimum atomic E-state index is -1.24. The third-order valence-electron chi connectivity index (χ3n) is 2.75. The summed E-state index contributed by atoms with van der Waals surface area (Å²) >= 11 is 0. The molecule has 0 unspecified atom stereocenters. The van der Waals surface area contributed by atoms with Crippen LogP contribution in [0.25, 0.3) is 0 Å². The Balaban J connectivity index is 2.06. The Hall–Kier alpha value is -1.89. The summed E-state index contributed by atoms with van der Waals surface area (Å²) in [6.45, 7) is 3.65. The summed E-state index contributed by atoms with van der Waals surface area (Å²) in [6.07, 6.45) is 4.77. The molecule has 1 fully saturated rings. The minimum Gasteiger partial charge on any atom is -0.478 e. The number of nitrogens with one attached hydrogen (secondary N) is 2. The van der Waals surface area contributed by atoms with Crippen molar-refractivity contribution in [2.45, 2.75) is 19.3 Å². The molecule has 3 amide bonds. The minimum absolute atomic E-state index is 0.484. The van der Waals surface area contributed by atoms with E-state index in [0.29, 0.717) is 12.6 Å². The quantitative estimate of drug-likeness (QED) is 0.463. The summed E-state index contributed by atoms with van der Waals surface area (Å²) in [5.74, 6) is -1.99. The van der Waals surface area contributed by atoms with Crippen molar-refractivity contribution in [3.05, 3.63) is 12.2 Å². The van der Waals surface area contributed by atoms with Gasteiger partial charge in [0.2, 0.25) is 0 Å². The van der Waals surface area contributed by atoms with E-state index >= 15 is 0 Å². The zero-order valence-corrected chi connectivity index (χ0v) is 10.7. The maximum atomic E-state index is 11.3. The molecule has 19 heavy (non-hydrogen) atoms. The van der Waals surface area contributed by atoms with Gasteiger partial charge >= 0.3 is 12.0 Å². The maximum Gasteiger partial charge on any atom is 0.328 e. The second-order valence-electron chi connectivity index (χ2n) is 4.32. The van der Waals surface area contributed by atoms with E-state index in [4.69, 9.17) is 5.11 Å². The SMILES string of the molecule is O=C(O)C=CC(=O)NC(=O)NCCCN1CCCC1. The van der Waals surface area contributed by atoms with Crippen molar-refractivity contribution < 1.29 is 19.5 Å². The molecule has 3 N–H and O–H groups in total. The zero-order chi connectivity index (χ0) is 14.1. The molecular weight excluding hydrogens is 250 g/mol. The predicted octanol–water partition coefficient (Wildman–Crippen LogP) is -0.0611. The van der Waals surface area contributed by atoms with Crippen molar-refractivity contribution in [2.75, 3.05) is 26.2 Å². The van der Waals surface area contributed by atoms with Crippen molar-refractivity contribution >= 4 is 17.9 Å². The second-order valence-corrected chi connectivity index (χ2v) is 4.32. The first-order valence-electron chi connectivity index (χ1n) is 6.30. The van der Waals surface area contributed by atoms with Gasteiger partial charge in [-0.2, -0.15) is 0 Å². The molecule has 0 atom stereocenters. The van der Waals surface area contributed by atoms with Crippen LogP contribution in [0.2, 0.25) is 0 Å². The molecule has 0 aromatic rings. The number of carboxylic acid groups (broad SMARTS) is 1. The van der Waals surface area contributed by atoms with E-state index < -0.39 is 17.9 Å². The molecular formula is C12H19N3O4. The average Bonchev–Trinajstić information content (AvgIpc) is 2.85. The largest absolute Gasteiger partial charge is 0.478 e. The number of likely N-dealkylation sites (tertiary alicyclic amines) is 1. The fourth-order valence-electron chi connectivity index (χ4n) is 1.86. The van der Waals surface area contributed by atoms with Crippen LogP contribution in [0.5, 0.6) is 0 Å². The number of aliphatic carboxylic acids is 1. The van der Waals surface area contributed by atoms with E-state index in [-0.39, 0.29) is 0 Å². The molecule has 7 nitrogen and oxygen atoms in total. The van der Waals surface area contributed by atoms with Gasteiger partial charge in [0.05, 0.1) is 0 Å². The Bertz CT molecular complexity index is 362. The molecule has 1 aliphatic heterocycles. The van der Waals surface area contributed by atoms with Crippen LogP contribution in [0.3, 0.4) is 0 Å². The summed E-state index contributed by atoms with van der Waals surface area (Å²) in [5.41, 5.74) is 0. The summed E-state index contributed by atoms with van der Waals surface area (Å²) in [4.78, 5) is 34.8. The standard InChI is InChI=1S/C12H19N3O4/c16-10(4-5-11(17)18)14-12(19)13-6-3-9-15-7-1-2-8-15/h4-5H,1-3,6-9H2,(H,17,18)(H2,13,14,16,19). The van der Waals surface area contributed by atoms with E-state index in [1.54, 1.807) is 0 Å². The van der Waals surface area contributed by atoms with Crippen molar-refractivity contribution in [1.29, 1.82) is 0 Å². The van der Waals surface area contributed by atoms with Gasteiger partial charge in [0.15, 0.2) is 0 Å². The lowest BCUT2D eigenvalue weighted by atomic mass is 10.4. The van der Waals surface area contributed by atoms with Crippen LogP contribution in [0.15, 0.2) is 12.2 Å². The van der Waals surface area contributed by atoms with E-state index in [2.05, 4.69) is 10.2 Å². The Kier molecular flexibility index (Phi) is 6.59. The fraction of sp³-hybridized carbons (Fsp3) is 0.583. The molecule has 0 saturated carbocycles. The highest BCUT2D eigenvalue weighted by Gasteiger charge is 2.10. The van der Waals surface area contributed by atoms with E-state index in [1.807, 2.05) is 5.32 Å². The average molecular weight is 269 g/mol. The van der Waals surface area contributed by atoms with Crippen LogP contribution in [0.4, 0.5) is 4.79 Å². The maximum absolute atomic E-state index is 11.3. The van der Waals surface area contributed by atoms with Crippen LogP contribution < -0.4 is 10.6 Å². The molecule has 1 heterocycles. The van der Waals surface area contributed by atoms with E-state index in [9.17, 15) is 14.4 Å². The zero-order valence-electron chi connectivity index (χ0n) is 10.7. The fourth-order valence-corrected chi connectivity index (χ4v) is 1.86. The summed E-state index contributed by atoms with van der Waals surface area (Å²) in [5, 5.41) is 12.9. The smallest absolute Gasteiger partial charge is 0.328 e. The van der Waals surface area contributed by atoms with Crippen molar-refractivity contribution in [1.82, 2.24) is 15.5 Å². The highest BCUT2D eigenvalue weighted by atomic mass is 16.4. The normalized spacial score (nSPS) is 15.6. The first-order chi connectivity index (χ1) is 9.08. The number of rotatable bonds is 6. The van der Waals surface area contributed by atoms with Gasteiger partial charge in [-0.1, -0.05) is 0 Å². The Labute approximate surface area is 111 Å². The van der Waals surface area contributed by atoms with E-state index in [1.165, 1.54) is 12.8 Å². The van der Waals surface area contributed by atoms with Crippen molar-refractivity contribution in [3.63, 3.8) is 0 Å². The second kappa shape index (κ2) is 8.25. The van der Waals surface area contributed by atoms with E-state index in [0.717, 1.165) is 32.1 Å². The molecule has 0 bridgehead atoms. The van der Waals surface area contributed by atoms with Gasteiger partial charge in [-0.05, 0) is 38.9 Å². The van der Waals surface area contributed by atoms with Crippen LogP contribution in [-0.2, 0) is 9.59 Å². The van der Waals surface area contributed by atoms with Crippen LogP contribution in [0, 0.1) is 0 Å². The summed E-state index contributed by atoms with van der Waals surface area (Å²) in [7, 11) is 0. The summed E-state index contributed by atoms with van der Waals surface area (Å²) in [6, 6.07) is -0.610. The lowest BCUT2D eigenvalue weighted by Crippen LogP contribution is -2.39. The molecule has 0 radical (unpaired) electrons. The number of amides is 3. The van der Waals surface area contributed by atoms with Gasteiger partial charge in [-0.25, -0.2) is 9.59 Å². The number of hydrogen-bond donors (Lipinski definition) is 3. The van der Waals surface area contributed by atoms with Crippen molar-refractivity contribution in [3.8, 4) is 0 Å². The molecule has 0 aromatic heterocycles. The Morgan fingerprint density at radius 3 is 2.47 bits per heavy atom. The molecule has 1 rings (SSSR count). The molecule has 7 heteroatoms.